The van der Waals surface area contributed by atoms with Crippen molar-refractivity contribution in [3.8, 4) is 0 Å². The molecule has 3 nitrogen and oxygen atoms in total. The first-order valence-electron chi connectivity index (χ1n) is 6.10. The van der Waals surface area contributed by atoms with E-state index in [2.05, 4.69) is 29.3 Å². The molecule has 0 saturated heterocycles. The number of carbonyl (C=O) groups is 1. The summed E-state index contributed by atoms with van der Waals surface area (Å²) in [5, 5.41) is 12.2. The molecule has 1 heterocycles. The molecule has 1 N–H and O–H groups in total. The van der Waals surface area contributed by atoms with Gasteiger partial charge in [0.2, 0.25) is 0 Å². The number of fused-ring (bicyclic) bond motifs is 1. The minimum atomic E-state index is -0.733. The van der Waals surface area contributed by atoms with E-state index in [1.165, 1.54) is 15.6 Å². The minimum Gasteiger partial charge on any atom is -0.481 e. The van der Waals surface area contributed by atoms with Gasteiger partial charge in [-0.25, -0.2) is 0 Å². The number of nitrogens with zero attached hydrogens (tertiary/aromatic N) is 1. The highest BCUT2D eigenvalue weighted by Gasteiger charge is 2.09. The number of benzene rings is 1. The summed E-state index contributed by atoms with van der Waals surface area (Å²) >= 11 is 1.75. The van der Waals surface area contributed by atoms with E-state index in [0.717, 1.165) is 13.1 Å². The van der Waals surface area contributed by atoms with Crippen molar-refractivity contribution in [2.75, 3.05) is 13.1 Å². The molecule has 0 radical (unpaired) electrons. The lowest BCUT2D eigenvalue weighted by atomic mass is 10.1. The highest BCUT2D eigenvalue weighted by Crippen LogP contribution is 2.26. The van der Waals surface area contributed by atoms with Crippen molar-refractivity contribution >= 4 is 27.4 Å². The molecular formula is C14H17NO2S. The molecule has 4 heteroatoms. The summed E-state index contributed by atoms with van der Waals surface area (Å²) in [4.78, 5) is 12.8. The van der Waals surface area contributed by atoms with Crippen LogP contribution in [0.25, 0.3) is 10.1 Å². The molecule has 0 aliphatic rings. The molecule has 0 bridgehead atoms. The van der Waals surface area contributed by atoms with Crippen molar-refractivity contribution in [1.29, 1.82) is 0 Å². The lowest BCUT2D eigenvalue weighted by molar-refractivity contribution is -0.137. The fraction of sp³-hybridized carbons (Fsp3) is 0.357. The molecule has 0 atom stereocenters. The second-order valence-corrected chi connectivity index (χ2v) is 5.18. The monoisotopic (exact) mass is 263 g/mol. The van der Waals surface area contributed by atoms with Crippen molar-refractivity contribution in [3.05, 3.63) is 35.2 Å². The van der Waals surface area contributed by atoms with E-state index in [0.29, 0.717) is 6.54 Å². The van der Waals surface area contributed by atoms with Gasteiger partial charge in [-0.2, -0.15) is 0 Å². The van der Waals surface area contributed by atoms with Gasteiger partial charge in [-0.05, 0) is 28.9 Å². The first-order valence-corrected chi connectivity index (χ1v) is 6.98. The van der Waals surface area contributed by atoms with Gasteiger partial charge in [0.15, 0.2) is 0 Å². The maximum atomic E-state index is 10.6. The third-order valence-electron chi connectivity index (χ3n) is 3.04. The average Bonchev–Trinajstić information content (AvgIpc) is 2.77. The second-order valence-electron chi connectivity index (χ2n) is 4.27. The molecule has 2 rings (SSSR count). The van der Waals surface area contributed by atoms with Crippen LogP contribution in [0.3, 0.4) is 0 Å². The third kappa shape index (κ3) is 3.09. The Morgan fingerprint density at radius 2 is 2.17 bits per heavy atom. The van der Waals surface area contributed by atoms with Crippen molar-refractivity contribution in [2.45, 2.75) is 19.9 Å². The van der Waals surface area contributed by atoms with Crippen LogP contribution in [0, 0.1) is 0 Å². The molecule has 1 aromatic heterocycles. The lowest BCUT2D eigenvalue weighted by Crippen LogP contribution is -2.25. The van der Waals surface area contributed by atoms with Crippen LogP contribution >= 0.6 is 11.3 Å². The van der Waals surface area contributed by atoms with E-state index < -0.39 is 5.97 Å². The van der Waals surface area contributed by atoms with E-state index in [9.17, 15) is 4.79 Å². The first kappa shape index (κ1) is 13.1. The van der Waals surface area contributed by atoms with Gasteiger partial charge in [0.25, 0.3) is 0 Å². The Morgan fingerprint density at radius 1 is 1.39 bits per heavy atom. The molecule has 96 valence electrons. The summed E-state index contributed by atoms with van der Waals surface area (Å²) in [6.45, 7) is 4.37. The molecule has 0 fully saturated rings. The Labute approximate surface area is 111 Å². The van der Waals surface area contributed by atoms with Crippen molar-refractivity contribution < 1.29 is 9.90 Å². The number of thiophene rings is 1. The van der Waals surface area contributed by atoms with Gasteiger partial charge in [0, 0.05) is 17.8 Å². The zero-order valence-corrected chi connectivity index (χ0v) is 11.2. The highest BCUT2D eigenvalue weighted by molar-refractivity contribution is 7.17. The van der Waals surface area contributed by atoms with Gasteiger partial charge in [-0.3, -0.25) is 9.69 Å². The van der Waals surface area contributed by atoms with Crippen LogP contribution in [0.1, 0.15) is 18.9 Å². The SMILES string of the molecule is CCN(CCC(=O)O)Cc1csc2ccccc12. The molecule has 0 aliphatic carbocycles. The second kappa shape index (κ2) is 5.98. The molecule has 0 amide bonds. The average molecular weight is 263 g/mol. The van der Waals surface area contributed by atoms with E-state index in [4.69, 9.17) is 5.11 Å². The Morgan fingerprint density at radius 3 is 2.89 bits per heavy atom. The molecule has 2 aromatic rings. The normalized spacial score (nSPS) is 11.2. The summed E-state index contributed by atoms with van der Waals surface area (Å²) in [7, 11) is 0. The van der Waals surface area contributed by atoms with E-state index in [1.54, 1.807) is 11.3 Å². The molecule has 1 aromatic carbocycles. The maximum absolute atomic E-state index is 10.6. The Balaban J connectivity index is 2.09. The van der Waals surface area contributed by atoms with Crippen LogP contribution in [-0.2, 0) is 11.3 Å². The minimum absolute atomic E-state index is 0.204. The smallest absolute Gasteiger partial charge is 0.304 e. The zero-order chi connectivity index (χ0) is 13.0. The summed E-state index contributed by atoms with van der Waals surface area (Å²) in [6.07, 6.45) is 0.204. The Hall–Kier alpha value is -1.39. The molecule has 0 saturated carbocycles. The Bertz CT molecular complexity index is 535. The first-order chi connectivity index (χ1) is 8.70. The quantitative estimate of drug-likeness (QED) is 0.870. The predicted molar refractivity (Wildman–Crippen MR) is 75.0 cm³/mol. The van der Waals surface area contributed by atoms with E-state index >= 15 is 0 Å². The number of aliphatic carboxylic acids is 1. The summed E-state index contributed by atoms with van der Waals surface area (Å²) < 4.78 is 1.29. The standard InChI is InChI=1S/C14H17NO2S/c1-2-15(8-7-14(16)17)9-11-10-18-13-6-4-3-5-12(11)13/h3-6,10H,2,7-9H2,1H3,(H,16,17). The molecule has 0 unspecified atom stereocenters. The van der Waals surface area contributed by atoms with Gasteiger partial charge >= 0.3 is 5.97 Å². The fourth-order valence-electron chi connectivity index (χ4n) is 2.00. The van der Waals surface area contributed by atoms with E-state index in [1.807, 2.05) is 12.1 Å². The van der Waals surface area contributed by atoms with Crippen LogP contribution in [0.2, 0.25) is 0 Å². The molecule has 0 spiro atoms. The molecule has 18 heavy (non-hydrogen) atoms. The van der Waals surface area contributed by atoms with Crippen molar-refractivity contribution in [2.24, 2.45) is 0 Å². The van der Waals surface area contributed by atoms with Crippen LogP contribution in [-0.4, -0.2) is 29.1 Å². The highest BCUT2D eigenvalue weighted by atomic mass is 32.1. The van der Waals surface area contributed by atoms with Crippen LogP contribution in [0.5, 0.6) is 0 Å². The summed E-state index contributed by atoms with van der Waals surface area (Å²) in [6, 6.07) is 8.35. The van der Waals surface area contributed by atoms with Crippen LogP contribution < -0.4 is 0 Å². The number of rotatable bonds is 6. The molecular weight excluding hydrogens is 246 g/mol. The number of carboxylic acids is 1. The third-order valence-corrected chi connectivity index (χ3v) is 4.06. The fourth-order valence-corrected chi connectivity index (χ4v) is 2.95. The van der Waals surface area contributed by atoms with Crippen LogP contribution in [0.4, 0.5) is 0 Å². The zero-order valence-electron chi connectivity index (χ0n) is 10.4. The van der Waals surface area contributed by atoms with Crippen molar-refractivity contribution in [1.82, 2.24) is 4.90 Å². The number of carboxylic acid groups (broad SMARTS) is 1. The Kier molecular flexibility index (Phi) is 4.33. The van der Waals surface area contributed by atoms with Gasteiger partial charge < -0.3 is 5.11 Å². The summed E-state index contributed by atoms with van der Waals surface area (Å²) in [5.41, 5.74) is 1.29. The molecule has 0 aliphatic heterocycles. The van der Waals surface area contributed by atoms with Crippen molar-refractivity contribution in [3.63, 3.8) is 0 Å². The van der Waals surface area contributed by atoms with Gasteiger partial charge in [-0.1, -0.05) is 25.1 Å². The predicted octanol–water partition coefficient (Wildman–Crippen LogP) is 3.20. The largest absolute Gasteiger partial charge is 0.481 e. The number of hydrogen-bond acceptors (Lipinski definition) is 3. The van der Waals surface area contributed by atoms with Gasteiger partial charge in [0.05, 0.1) is 6.42 Å². The van der Waals surface area contributed by atoms with Gasteiger partial charge in [-0.15, -0.1) is 11.3 Å². The van der Waals surface area contributed by atoms with Gasteiger partial charge in [0.1, 0.15) is 0 Å². The topological polar surface area (TPSA) is 40.5 Å². The summed E-state index contributed by atoms with van der Waals surface area (Å²) in [5.74, 6) is -0.733. The maximum Gasteiger partial charge on any atom is 0.304 e. The number of hydrogen-bond donors (Lipinski definition) is 1. The van der Waals surface area contributed by atoms with Crippen LogP contribution in [0.15, 0.2) is 29.6 Å². The lowest BCUT2D eigenvalue weighted by Gasteiger charge is -2.18. The van der Waals surface area contributed by atoms with E-state index in [-0.39, 0.29) is 6.42 Å².